The number of aromatic nitrogens is 1. The molecule has 1 aromatic heterocycles. The zero-order valence-corrected chi connectivity index (χ0v) is 11.1. The third-order valence-electron chi connectivity index (χ3n) is 1.88. The number of methoxy groups -OCH3 is 1. The first-order valence-corrected chi connectivity index (χ1v) is 5.84. The second-order valence-electron chi connectivity index (χ2n) is 3.43. The van der Waals surface area contributed by atoms with Crippen molar-refractivity contribution in [3.8, 4) is 0 Å². The molecule has 1 heterocycles. The van der Waals surface area contributed by atoms with E-state index in [1.54, 1.807) is 13.3 Å². The van der Waals surface area contributed by atoms with Crippen molar-refractivity contribution < 1.29 is 4.74 Å². The Morgan fingerprint density at radius 3 is 3.00 bits per heavy atom. The van der Waals surface area contributed by atoms with E-state index in [1.165, 1.54) is 0 Å². The van der Waals surface area contributed by atoms with Crippen molar-refractivity contribution in [3.63, 3.8) is 0 Å². The van der Waals surface area contributed by atoms with E-state index < -0.39 is 0 Å². The topological polar surface area (TPSA) is 34.1 Å². The monoisotopic (exact) mass is 292 g/mol. The molecule has 0 aliphatic rings. The number of halogens is 2. The summed E-state index contributed by atoms with van der Waals surface area (Å²) >= 11 is 9.18. The Bertz CT molecular complexity index is 322. The molecule has 0 saturated heterocycles. The fraction of sp³-hybridized carbons (Fsp3) is 0.500. The molecule has 0 aliphatic heterocycles. The first-order valence-electron chi connectivity index (χ1n) is 4.67. The fourth-order valence-corrected chi connectivity index (χ4v) is 1.94. The van der Waals surface area contributed by atoms with Crippen LogP contribution in [0.1, 0.15) is 6.92 Å². The van der Waals surface area contributed by atoms with E-state index in [9.17, 15) is 0 Å². The minimum atomic E-state index is 0.444. The molecular weight excluding hydrogens is 279 g/mol. The summed E-state index contributed by atoms with van der Waals surface area (Å²) in [5.74, 6) is 1.25. The average Bonchev–Trinajstić information content (AvgIpc) is 2.17. The van der Waals surface area contributed by atoms with Gasteiger partial charge in [0.2, 0.25) is 0 Å². The maximum absolute atomic E-state index is 5.79. The van der Waals surface area contributed by atoms with Crippen LogP contribution in [0.15, 0.2) is 16.7 Å². The van der Waals surface area contributed by atoms with Crippen LogP contribution in [0.3, 0.4) is 0 Å². The van der Waals surface area contributed by atoms with Gasteiger partial charge in [0, 0.05) is 19.9 Å². The summed E-state index contributed by atoms with van der Waals surface area (Å²) in [6.07, 6.45) is 1.62. The molecule has 0 radical (unpaired) electrons. The van der Waals surface area contributed by atoms with Crippen molar-refractivity contribution in [2.45, 2.75) is 6.92 Å². The van der Waals surface area contributed by atoms with Gasteiger partial charge in [-0.3, -0.25) is 0 Å². The molecule has 84 valence electrons. The molecule has 1 unspecified atom stereocenters. The van der Waals surface area contributed by atoms with Crippen LogP contribution in [0.2, 0.25) is 5.02 Å². The van der Waals surface area contributed by atoms with E-state index in [-0.39, 0.29) is 0 Å². The molecule has 3 nitrogen and oxygen atoms in total. The average molecular weight is 294 g/mol. The number of ether oxygens (including phenoxy) is 1. The number of nitrogens with zero attached hydrogens (tertiary/aromatic N) is 1. The molecule has 15 heavy (non-hydrogen) atoms. The van der Waals surface area contributed by atoms with Gasteiger partial charge < -0.3 is 10.1 Å². The summed E-state index contributed by atoms with van der Waals surface area (Å²) in [6.45, 7) is 3.67. The van der Waals surface area contributed by atoms with Gasteiger partial charge in [-0.25, -0.2) is 4.98 Å². The molecule has 0 aliphatic carbocycles. The maximum Gasteiger partial charge on any atom is 0.140 e. The van der Waals surface area contributed by atoms with Crippen molar-refractivity contribution in [1.82, 2.24) is 4.98 Å². The molecule has 0 aromatic carbocycles. The molecule has 1 N–H and O–H groups in total. The lowest BCUT2D eigenvalue weighted by atomic mass is 10.2. The Morgan fingerprint density at radius 2 is 2.40 bits per heavy atom. The van der Waals surface area contributed by atoms with Crippen LogP contribution >= 0.6 is 27.5 Å². The van der Waals surface area contributed by atoms with Crippen LogP contribution < -0.4 is 5.32 Å². The van der Waals surface area contributed by atoms with Gasteiger partial charge in [0.15, 0.2) is 0 Å². The molecule has 5 heteroatoms. The van der Waals surface area contributed by atoms with Gasteiger partial charge >= 0.3 is 0 Å². The largest absolute Gasteiger partial charge is 0.384 e. The van der Waals surface area contributed by atoms with E-state index in [0.717, 1.165) is 23.4 Å². The first-order chi connectivity index (χ1) is 7.13. The van der Waals surface area contributed by atoms with Gasteiger partial charge in [-0.2, -0.15) is 0 Å². The lowest BCUT2D eigenvalue weighted by Crippen LogP contribution is -2.16. The summed E-state index contributed by atoms with van der Waals surface area (Å²) in [7, 11) is 1.70. The molecule has 0 fully saturated rings. The minimum Gasteiger partial charge on any atom is -0.384 e. The quantitative estimate of drug-likeness (QED) is 0.905. The predicted octanol–water partition coefficient (Wildman–Crippen LogP) is 3.19. The Labute approximate surface area is 103 Å². The molecule has 1 atom stereocenters. The molecule has 0 amide bonds. The number of hydrogen-bond donors (Lipinski definition) is 1. The molecule has 0 bridgehead atoms. The number of nitrogens with one attached hydrogen (secondary N) is 1. The third kappa shape index (κ3) is 4.36. The van der Waals surface area contributed by atoms with Crippen LogP contribution in [0.25, 0.3) is 0 Å². The Hall–Kier alpha value is -0.320. The van der Waals surface area contributed by atoms with Gasteiger partial charge in [0.1, 0.15) is 5.82 Å². The number of pyridine rings is 1. The van der Waals surface area contributed by atoms with Crippen LogP contribution in [-0.2, 0) is 4.74 Å². The van der Waals surface area contributed by atoms with Crippen molar-refractivity contribution in [3.05, 3.63) is 21.8 Å². The van der Waals surface area contributed by atoms with Crippen LogP contribution in [0.4, 0.5) is 5.82 Å². The highest BCUT2D eigenvalue weighted by atomic mass is 79.9. The number of hydrogen-bond acceptors (Lipinski definition) is 3. The Balaban J connectivity index is 2.50. The van der Waals surface area contributed by atoms with E-state index in [1.807, 2.05) is 6.07 Å². The predicted molar refractivity (Wildman–Crippen MR) is 66.5 cm³/mol. The third-order valence-corrected chi connectivity index (χ3v) is 2.69. The molecule has 1 rings (SSSR count). The van der Waals surface area contributed by atoms with Crippen LogP contribution in [0, 0.1) is 5.92 Å². The highest BCUT2D eigenvalue weighted by molar-refractivity contribution is 9.10. The zero-order valence-electron chi connectivity index (χ0n) is 8.76. The van der Waals surface area contributed by atoms with Gasteiger partial charge in [0.05, 0.1) is 16.1 Å². The summed E-state index contributed by atoms with van der Waals surface area (Å²) in [5.41, 5.74) is 0. The highest BCUT2D eigenvalue weighted by Gasteiger charge is 2.05. The van der Waals surface area contributed by atoms with Gasteiger partial charge in [0.25, 0.3) is 0 Å². The summed E-state index contributed by atoms with van der Waals surface area (Å²) in [5, 5.41) is 3.85. The summed E-state index contributed by atoms with van der Waals surface area (Å²) < 4.78 is 5.92. The lowest BCUT2D eigenvalue weighted by Gasteiger charge is -2.12. The smallest absolute Gasteiger partial charge is 0.140 e. The zero-order chi connectivity index (χ0) is 11.3. The highest BCUT2D eigenvalue weighted by Crippen LogP contribution is 2.23. The van der Waals surface area contributed by atoms with E-state index in [2.05, 4.69) is 33.2 Å². The standard InChI is InChI=1S/C10H14BrClN2O/c1-7(6-15-2)4-13-10-9(11)3-8(12)5-14-10/h3,5,7H,4,6H2,1-2H3,(H,13,14). The van der Waals surface area contributed by atoms with Gasteiger partial charge in [-0.15, -0.1) is 0 Å². The normalized spacial score (nSPS) is 12.5. The molecule has 0 spiro atoms. The fourth-order valence-electron chi connectivity index (χ4n) is 1.16. The lowest BCUT2D eigenvalue weighted by molar-refractivity contribution is 0.164. The molecule has 0 saturated carbocycles. The molecule has 1 aromatic rings. The minimum absolute atomic E-state index is 0.444. The second-order valence-corrected chi connectivity index (χ2v) is 4.72. The Morgan fingerprint density at radius 1 is 1.67 bits per heavy atom. The van der Waals surface area contributed by atoms with E-state index in [4.69, 9.17) is 16.3 Å². The van der Waals surface area contributed by atoms with Crippen molar-refractivity contribution >= 4 is 33.3 Å². The summed E-state index contributed by atoms with van der Waals surface area (Å²) in [4.78, 5) is 4.18. The van der Waals surface area contributed by atoms with Crippen molar-refractivity contribution in [2.24, 2.45) is 5.92 Å². The Kier molecular flexibility index (Phi) is 5.36. The van der Waals surface area contributed by atoms with Crippen molar-refractivity contribution in [1.29, 1.82) is 0 Å². The SMILES string of the molecule is COCC(C)CNc1ncc(Cl)cc1Br. The van der Waals surface area contributed by atoms with Gasteiger partial charge in [-0.05, 0) is 27.9 Å². The van der Waals surface area contributed by atoms with Crippen LogP contribution in [0.5, 0.6) is 0 Å². The van der Waals surface area contributed by atoms with E-state index in [0.29, 0.717) is 10.9 Å². The van der Waals surface area contributed by atoms with E-state index >= 15 is 0 Å². The summed E-state index contributed by atoms with van der Waals surface area (Å²) in [6, 6.07) is 1.82. The first kappa shape index (κ1) is 12.7. The van der Waals surface area contributed by atoms with Crippen LogP contribution in [-0.4, -0.2) is 25.2 Å². The number of anilines is 1. The van der Waals surface area contributed by atoms with Crippen molar-refractivity contribution in [2.75, 3.05) is 25.6 Å². The maximum atomic E-state index is 5.79. The van der Waals surface area contributed by atoms with Gasteiger partial charge in [-0.1, -0.05) is 18.5 Å². The number of rotatable bonds is 5. The molecular formula is C10H14BrClN2O. The second kappa shape index (κ2) is 6.30.